The highest BCUT2D eigenvalue weighted by Gasteiger charge is 2.44. The summed E-state index contributed by atoms with van der Waals surface area (Å²) in [4.78, 5) is 14.4. The van der Waals surface area contributed by atoms with Crippen molar-refractivity contribution in [3.63, 3.8) is 0 Å². The molecule has 0 radical (unpaired) electrons. The standard InChI is InChI=1S/C10H12N8O4/c11-7-4-8(14-2-13-7)18(10(15-4)16-17-12)9-6(21)5(20)3(1-19)22-9/h2-3,5-6,9,19-21H,1H2,(H2,11,13,14)/t3-,5?,6?,9-/m1/s1. The summed E-state index contributed by atoms with van der Waals surface area (Å²) < 4.78 is 6.61. The van der Waals surface area contributed by atoms with Crippen LogP contribution in [0.2, 0.25) is 0 Å². The molecule has 3 heterocycles. The minimum atomic E-state index is -1.38. The number of fused-ring (bicyclic) bond motifs is 1. The fraction of sp³-hybridized carbons (Fsp3) is 0.500. The Kier molecular flexibility index (Phi) is 3.52. The van der Waals surface area contributed by atoms with Gasteiger partial charge in [0.05, 0.1) is 6.61 Å². The van der Waals surface area contributed by atoms with Crippen molar-refractivity contribution in [1.82, 2.24) is 19.5 Å². The van der Waals surface area contributed by atoms with Crippen LogP contribution in [-0.4, -0.2) is 59.8 Å². The van der Waals surface area contributed by atoms with Gasteiger partial charge >= 0.3 is 0 Å². The van der Waals surface area contributed by atoms with Crippen LogP contribution in [0, 0.1) is 0 Å². The van der Waals surface area contributed by atoms with Crippen molar-refractivity contribution >= 4 is 22.9 Å². The van der Waals surface area contributed by atoms with Crippen LogP contribution in [0.15, 0.2) is 11.4 Å². The molecule has 12 heteroatoms. The fourth-order valence-corrected chi connectivity index (χ4v) is 2.35. The third kappa shape index (κ3) is 2.03. The molecule has 0 spiro atoms. The quantitative estimate of drug-likeness (QED) is 0.314. The highest BCUT2D eigenvalue weighted by Crippen LogP contribution is 2.35. The van der Waals surface area contributed by atoms with Crippen molar-refractivity contribution in [2.75, 3.05) is 12.3 Å². The number of hydrogen-bond donors (Lipinski definition) is 4. The van der Waals surface area contributed by atoms with Crippen molar-refractivity contribution in [1.29, 1.82) is 0 Å². The number of azide groups is 1. The van der Waals surface area contributed by atoms with E-state index < -0.39 is 31.1 Å². The van der Waals surface area contributed by atoms with Crippen LogP contribution in [0.3, 0.4) is 0 Å². The van der Waals surface area contributed by atoms with Crippen LogP contribution < -0.4 is 5.73 Å². The molecule has 3 rings (SSSR count). The van der Waals surface area contributed by atoms with Gasteiger partial charge in [-0.1, -0.05) is 0 Å². The molecular formula is C10H12N8O4. The van der Waals surface area contributed by atoms with Gasteiger partial charge in [0.2, 0.25) is 5.95 Å². The summed E-state index contributed by atoms with van der Waals surface area (Å²) in [6.45, 7) is -0.491. The monoisotopic (exact) mass is 308 g/mol. The number of anilines is 1. The van der Waals surface area contributed by atoms with Gasteiger partial charge in [0.25, 0.3) is 0 Å². The van der Waals surface area contributed by atoms with Crippen LogP contribution in [0.5, 0.6) is 0 Å². The molecule has 2 aromatic rings. The van der Waals surface area contributed by atoms with Crippen LogP contribution in [0.25, 0.3) is 21.6 Å². The molecule has 0 aliphatic carbocycles. The Morgan fingerprint density at radius 3 is 2.82 bits per heavy atom. The number of aliphatic hydroxyl groups excluding tert-OH is 3. The van der Waals surface area contributed by atoms with E-state index in [4.69, 9.17) is 21.1 Å². The van der Waals surface area contributed by atoms with E-state index in [0.717, 1.165) is 0 Å². The van der Waals surface area contributed by atoms with E-state index in [-0.39, 0.29) is 22.9 Å². The van der Waals surface area contributed by atoms with Crippen LogP contribution >= 0.6 is 0 Å². The number of nitrogens with zero attached hydrogens (tertiary/aromatic N) is 7. The lowest BCUT2D eigenvalue weighted by molar-refractivity contribution is -0.0502. The molecule has 12 nitrogen and oxygen atoms in total. The third-order valence-corrected chi connectivity index (χ3v) is 3.39. The van der Waals surface area contributed by atoms with Crippen molar-refractivity contribution in [2.24, 2.45) is 5.11 Å². The summed E-state index contributed by atoms with van der Waals surface area (Å²) in [6, 6.07) is 0. The molecule has 0 aromatic carbocycles. The summed E-state index contributed by atoms with van der Waals surface area (Å²) in [6.07, 6.45) is -3.65. The van der Waals surface area contributed by atoms with E-state index in [0.29, 0.717) is 0 Å². The van der Waals surface area contributed by atoms with Gasteiger partial charge in [-0.15, -0.1) is 0 Å². The van der Waals surface area contributed by atoms with Gasteiger partial charge in [0, 0.05) is 4.91 Å². The van der Waals surface area contributed by atoms with Crippen LogP contribution in [0.1, 0.15) is 6.23 Å². The number of hydrogen-bond acceptors (Lipinski definition) is 9. The number of imidazole rings is 1. The summed E-state index contributed by atoms with van der Waals surface area (Å²) in [7, 11) is 0. The van der Waals surface area contributed by atoms with Crippen molar-refractivity contribution in [3.05, 3.63) is 16.8 Å². The first-order chi connectivity index (χ1) is 10.6. The minimum absolute atomic E-state index is 0.0601. The zero-order valence-electron chi connectivity index (χ0n) is 11.1. The summed E-state index contributed by atoms with van der Waals surface area (Å²) in [5.41, 5.74) is 14.7. The maximum Gasteiger partial charge on any atom is 0.201 e. The second-order valence-electron chi connectivity index (χ2n) is 4.63. The second-order valence-corrected chi connectivity index (χ2v) is 4.63. The molecule has 2 unspecified atom stereocenters. The Hall–Kier alpha value is -2.50. The van der Waals surface area contributed by atoms with Gasteiger partial charge in [-0.25, -0.2) is 15.0 Å². The van der Waals surface area contributed by atoms with Gasteiger partial charge in [-0.3, -0.25) is 4.57 Å². The zero-order chi connectivity index (χ0) is 15.9. The molecule has 0 bridgehead atoms. The normalized spacial score (nSPS) is 28.0. The molecule has 1 saturated heterocycles. The Bertz CT molecular complexity index is 757. The number of aromatic nitrogens is 4. The van der Waals surface area contributed by atoms with Crippen molar-refractivity contribution in [2.45, 2.75) is 24.5 Å². The van der Waals surface area contributed by atoms with Crippen LogP contribution in [0.4, 0.5) is 11.8 Å². The van der Waals surface area contributed by atoms with Gasteiger partial charge in [-0.2, -0.15) is 0 Å². The molecule has 5 N–H and O–H groups in total. The molecule has 0 saturated carbocycles. The average molecular weight is 308 g/mol. The van der Waals surface area contributed by atoms with Crippen molar-refractivity contribution in [3.8, 4) is 0 Å². The largest absolute Gasteiger partial charge is 0.394 e. The number of aliphatic hydroxyl groups is 3. The predicted octanol–water partition coefficient (Wildman–Crippen LogP) is -1.04. The number of nitrogens with two attached hydrogens (primary N) is 1. The Morgan fingerprint density at radius 1 is 1.41 bits per heavy atom. The number of rotatable bonds is 3. The zero-order valence-corrected chi connectivity index (χ0v) is 11.1. The first-order valence-electron chi connectivity index (χ1n) is 6.24. The maximum absolute atomic E-state index is 10.1. The molecule has 4 atom stereocenters. The lowest BCUT2D eigenvalue weighted by Gasteiger charge is -2.17. The van der Waals surface area contributed by atoms with Crippen molar-refractivity contribution < 1.29 is 20.1 Å². The van der Waals surface area contributed by atoms with Gasteiger partial charge in [0.1, 0.15) is 24.6 Å². The Morgan fingerprint density at radius 2 is 2.18 bits per heavy atom. The molecular weight excluding hydrogens is 296 g/mol. The summed E-state index contributed by atoms with van der Waals surface area (Å²) >= 11 is 0. The SMILES string of the molecule is [N-]=[N+]=Nc1nc2c(N)ncnc2n1[C@@H]1O[C@H](CO)C(O)C1O. The van der Waals surface area contributed by atoms with E-state index in [2.05, 4.69) is 25.0 Å². The molecule has 116 valence electrons. The van der Waals surface area contributed by atoms with E-state index in [1.807, 2.05) is 0 Å². The summed E-state index contributed by atoms with van der Waals surface area (Å²) in [5.74, 6) is -0.0931. The minimum Gasteiger partial charge on any atom is -0.394 e. The highest BCUT2D eigenvalue weighted by molar-refractivity contribution is 5.83. The maximum atomic E-state index is 10.1. The molecule has 22 heavy (non-hydrogen) atoms. The summed E-state index contributed by atoms with van der Waals surface area (Å²) in [5, 5.41) is 32.5. The lowest BCUT2D eigenvalue weighted by atomic mass is 10.1. The Balaban J connectivity index is 2.19. The molecule has 2 aromatic heterocycles. The third-order valence-electron chi connectivity index (χ3n) is 3.39. The fourth-order valence-electron chi connectivity index (χ4n) is 2.35. The molecule has 0 amide bonds. The smallest absolute Gasteiger partial charge is 0.201 e. The second kappa shape index (κ2) is 5.36. The van der Waals surface area contributed by atoms with Crippen LogP contribution in [-0.2, 0) is 4.74 Å². The first kappa shape index (κ1) is 14.4. The van der Waals surface area contributed by atoms with E-state index in [1.165, 1.54) is 10.9 Å². The average Bonchev–Trinajstić information content (AvgIpc) is 3.00. The Labute approximate surface area is 122 Å². The van der Waals surface area contributed by atoms with Gasteiger partial charge in [-0.05, 0) is 10.6 Å². The molecule has 1 fully saturated rings. The predicted molar refractivity (Wildman–Crippen MR) is 71.6 cm³/mol. The molecule has 1 aliphatic heterocycles. The van der Waals surface area contributed by atoms with E-state index in [1.54, 1.807) is 0 Å². The number of ether oxygens (including phenoxy) is 1. The van der Waals surface area contributed by atoms with E-state index in [9.17, 15) is 10.2 Å². The van der Waals surface area contributed by atoms with E-state index >= 15 is 0 Å². The molecule has 1 aliphatic rings. The highest BCUT2D eigenvalue weighted by atomic mass is 16.6. The lowest BCUT2D eigenvalue weighted by Crippen LogP contribution is -2.33. The first-order valence-corrected chi connectivity index (χ1v) is 6.24. The van der Waals surface area contributed by atoms with Gasteiger partial charge < -0.3 is 25.8 Å². The number of nitrogen functional groups attached to an aromatic ring is 1. The van der Waals surface area contributed by atoms with Gasteiger partial charge in [0.15, 0.2) is 23.2 Å². The topological polar surface area (TPSA) is 188 Å².